The summed E-state index contributed by atoms with van der Waals surface area (Å²) in [6.45, 7) is 3.92. The van der Waals surface area contributed by atoms with Crippen molar-refractivity contribution in [1.82, 2.24) is 20.1 Å². The second-order valence-corrected chi connectivity index (χ2v) is 6.75. The van der Waals surface area contributed by atoms with Gasteiger partial charge >= 0.3 is 0 Å². The standard InChI is InChI=1S/C19H25N5O3/c1-22(2)6-5-21-18(25)15-12-16(14-20-13-15)23-7-9-24(10-8-23)19(26)17-4-3-11-27-17/h3-4,11-14H,5-10H2,1-2H3,(H,21,25). The first-order valence-electron chi connectivity index (χ1n) is 9.00. The van der Waals surface area contributed by atoms with Gasteiger partial charge in [0.2, 0.25) is 0 Å². The molecule has 0 unspecified atom stereocenters. The summed E-state index contributed by atoms with van der Waals surface area (Å²) >= 11 is 0. The lowest BCUT2D eigenvalue weighted by Gasteiger charge is -2.35. The minimum absolute atomic E-state index is 0.0909. The van der Waals surface area contributed by atoms with Crippen molar-refractivity contribution < 1.29 is 14.0 Å². The van der Waals surface area contributed by atoms with Gasteiger partial charge in [0.15, 0.2) is 5.76 Å². The van der Waals surface area contributed by atoms with Crippen molar-refractivity contribution in [2.75, 3.05) is 58.3 Å². The Morgan fingerprint density at radius 3 is 2.67 bits per heavy atom. The summed E-state index contributed by atoms with van der Waals surface area (Å²) in [5.41, 5.74) is 1.43. The molecule has 0 spiro atoms. The highest BCUT2D eigenvalue weighted by Gasteiger charge is 2.24. The van der Waals surface area contributed by atoms with Crippen molar-refractivity contribution in [3.63, 3.8) is 0 Å². The number of piperazine rings is 1. The number of carbonyl (C=O) groups excluding carboxylic acids is 2. The third kappa shape index (κ3) is 4.85. The van der Waals surface area contributed by atoms with Crippen LogP contribution in [0.25, 0.3) is 0 Å². The number of amides is 2. The van der Waals surface area contributed by atoms with Crippen LogP contribution >= 0.6 is 0 Å². The number of hydrogen-bond acceptors (Lipinski definition) is 6. The van der Waals surface area contributed by atoms with Crippen LogP contribution in [0.3, 0.4) is 0 Å². The lowest BCUT2D eigenvalue weighted by atomic mass is 10.2. The topological polar surface area (TPSA) is 81.9 Å². The maximum Gasteiger partial charge on any atom is 0.289 e. The first-order valence-corrected chi connectivity index (χ1v) is 9.00. The van der Waals surface area contributed by atoms with Crippen molar-refractivity contribution in [3.8, 4) is 0 Å². The van der Waals surface area contributed by atoms with Crippen LogP contribution in [0.4, 0.5) is 5.69 Å². The summed E-state index contributed by atoms with van der Waals surface area (Å²) in [6, 6.07) is 5.24. The number of likely N-dealkylation sites (N-methyl/N-ethyl adjacent to an activating group) is 1. The van der Waals surface area contributed by atoms with E-state index in [0.717, 1.165) is 12.2 Å². The number of furan rings is 1. The molecule has 0 aliphatic carbocycles. The molecule has 1 aliphatic rings. The SMILES string of the molecule is CN(C)CCNC(=O)c1cncc(N2CCN(C(=O)c3ccco3)CC2)c1. The van der Waals surface area contributed by atoms with Crippen molar-refractivity contribution in [2.45, 2.75) is 0 Å². The average Bonchev–Trinajstić information content (AvgIpc) is 3.22. The summed E-state index contributed by atoms with van der Waals surface area (Å²) in [4.78, 5) is 34.8. The molecule has 1 fully saturated rings. The van der Waals surface area contributed by atoms with E-state index in [2.05, 4.69) is 15.2 Å². The maximum absolute atomic E-state index is 12.3. The Hall–Kier alpha value is -2.87. The molecule has 0 aromatic carbocycles. The molecule has 0 radical (unpaired) electrons. The average molecular weight is 371 g/mol. The van der Waals surface area contributed by atoms with Crippen LogP contribution in [0.1, 0.15) is 20.9 Å². The molecule has 3 heterocycles. The van der Waals surface area contributed by atoms with Gasteiger partial charge in [-0.1, -0.05) is 0 Å². The van der Waals surface area contributed by atoms with Gasteiger partial charge in [0.05, 0.1) is 23.7 Å². The highest BCUT2D eigenvalue weighted by atomic mass is 16.3. The highest BCUT2D eigenvalue weighted by molar-refractivity contribution is 5.94. The Bertz CT molecular complexity index is 767. The van der Waals surface area contributed by atoms with Crippen molar-refractivity contribution >= 4 is 17.5 Å². The Morgan fingerprint density at radius 1 is 1.22 bits per heavy atom. The zero-order valence-electron chi connectivity index (χ0n) is 15.7. The lowest BCUT2D eigenvalue weighted by molar-refractivity contribution is 0.0714. The molecule has 0 bridgehead atoms. The maximum atomic E-state index is 12.3. The molecule has 2 amide bonds. The molecule has 144 valence electrons. The van der Waals surface area contributed by atoms with E-state index in [-0.39, 0.29) is 11.8 Å². The van der Waals surface area contributed by atoms with Crippen molar-refractivity contribution in [1.29, 1.82) is 0 Å². The zero-order chi connectivity index (χ0) is 19.2. The number of carbonyl (C=O) groups is 2. The Kier molecular flexibility index (Phi) is 6.08. The summed E-state index contributed by atoms with van der Waals surface area (Å²) < 4.78 is 5.19. The number of aromatic nitrogens is 1. The fourth-order valence-corrected chi connectivity index (χ4v) is 2.94. The first kappa shape index (κ1) is 18.9. The van der Waals surface area contributed by atoms with Gasteiger partial charge in [0, 0.05) is 45.5 Å². The van der Waals surface area contributed by atoms with Crippen LogP contribution in [0.5, 0.6) is 0 Å². The van der Waals surface area contributed by atoms with Gasteiger partial charge in [0.25, 0.3) is 11.8 Å². The van der Waals surface area contributed by atoms with Gasteiger partial charge in [0.1, 0.15) is 0 Å². The van der Waals surface area contributed by atoms with E-state index in [0.29, 0.717) is 44.0 Å². The van der Waals surface area contributed by atoms with E-state index < -0.39 is 0 Å². The van der Waals surface area contributed by atoms with Gasteiger partial charge in [-0.2, -0.15) is 0 Å². The summed E-state index contributed by atoms with van der Waals surface area (Å²) in [5, 5.41) is 2.90. The van der Waals surface area contributed by atoms with E-state index in [1.165, 1.54) is 6.26 Å². The minimum atomic E-state index is -0.127. The molecule has 1 N–H and O–H groups in total. The van der Waals surface area contributed by atoms with E-state index in [4.69, 9.17) is 4.42 Å². The fourth-order valence-electron chi connectivity index (χ4n) is 2.94. The Balaban J connectivity index is 1.56. The third-order valence-electron chi connectivity index (χ3n) is 4.49. The van der Waals surface area contributed by atoms with Crippen LogP contribution < -0.4 is 10.2 Å². The highest BCUT2D eigenvalue weighted by Crippen LogP contribution is 2.18. The first-order chi connectivity index (χ1) is 13.0. The molecule has 0 atom stereocenters. The van der Waals surface area contributed by atoms with Gasteiger partial charge < -0.3 is 24.4 Å². The molecule has 1 aliphatic heterocycles. The van der Waals surface area contributed by atoms with Gasteiger partial charge in [-0.05, 0) is 32.3 Å². The molecule has 2 aromatic rings. The van der Waals surface area contributed by atoms with Crippen LogP contribution in [0.2, 0.25) is 0 Å². The Morgan fingerprint density at radius 2 is 2.00 bits per heavy atom. The van der Waals surface area contributed by atoms with Gasteiger partial charge in [-0.3, -0.25) is 14.6 Å². The smallest absolute Gasteiger partial charge is 0.289 e. The molecule has 2 aromatic heterocycles. The largest absolute Gasteiger partial charge is 0.459 e. The molecule has 27 heavy (non-hydrogen) atoms. The number of hydrogen-bond donors (Lipinski definition) is 1. The summed E-state index contributed by atoms with van der Waals surface area (Å²) in [5.74, 6) is 0.145. The van der Waals surface area contributed by atoms with Gasteiger partial charge in [-0.15, -0.1) is 0 Å². The minimum Gasteiger partial charge on any atom is -0.459 e. The molecule has 0 saturated carbocycles. The van der Waals surface area contributed by atoms with Crippen LogP contribution in [0, 0.1) is 0 Å². The second-order valence-electron chi connectivity index (χ2n) is 6.75. The second kappa shape index (κ2) is 8.68. The van der Waals surface area contributed by atoms with Crippen molar-refractivity contribution in [2.24, 2.45) is 0 Å². The number of nitrogens with zero attached hydrogens (tertiary/aromatic N) is 4. The summed E-state index contributed by atoms with van der Waals surface area (Å²) in [6.07, 6.45) is 4.83. The zero-order valence-corrected chi connectivity index (χ0v) is 15.7. The van der Waals surface area contributed by atoms with E-state index in [1.807, 2.05) is 25.1 Å². The molecule has 8 heteroatoms. The summed E-state index contributed by atoms with van der Waals surface area (Å²) in [7, 11) is 3.93. The molecule has 8 nitrogen and oxygen atoms in total. The predicted octanol–water partition coefficient (Wildman–Crippen LogP) is 0.928. The monoisotopic (exact) mass is 371 g/mol. The third-order valence-corrected chi connectivity index (χ3v) is 4.49. The van der Waals surface area contributed by atoms with Crippen LogP contribution in [-0.2, 0) is 0 Å². The van der Waals surface area contributed by atoms with Crippen LogP contribution in [-0.4, -0.2) is 80.0 Å². The molecule has 1 saturated heterocycles. The number of pyridine rings is 1. The van der Waals surface area contributed by atoms with E-state index in [9.17, 15) is 9.59 Å². The number of nitrogens with one attached hydrogen (secondary N) is 1. The van der Waals surface area contributed by atoms with Crippen LogP contribution in [0.15, 0.2) is 41.3 Å². The number of rotatable bonds is 6. The predicted molar refractivity (Wildman–Crippen MR) is 102 cm³/mol. The normalized spacial score (nSPS) is 14.5. The number of anilines is 1. The van der Waals surface area contributed by atoms with E-state index >= 15 is 0 Å². The fraction of sp³-hybridized carbons (Fsp3) is 0.421. The molecular weight excluding hydrogens is 346 g/mol. The van der Waals surface area contributed by atoms with Gasteiger partial charge in [-0.25, -0.2) is 0 Å². The molecule has 3 rings (SSSR count). The Labute approximate surface area is 158 Å². The quantitative estimate of drug-likeness (QED) is 0.814. The van der Waals surface area contributed by atoms with Crippen molar-refractivity contribution in [3.05, 3.63) is 48.2 Å². The molecular formula is C19H25N5O3. The van der Waals surface area contributed by atoms with E-state index in [1.54, 1.807) is 29.4 Å². The lowest BCUT2D eigenvalue weighted by Crippen LogP contribution is -2.48.